The predicted octanol–water partition coefficient (Wildman–Crippen LogP) is 4.10. The minimum atomic E-state index is -1.06. The molecule has 0 spiro atoms. The van der Waals surface area contributed by atoms with Crippen molar-refractivity contribution in [2.24, 2.45) is 5.92 Å². The van der Waals surface area contributed by atoms with Crippen LogP contribution in [0.15, 0.2) is 70.0 Å². The van der Waals surface area contributed by atoms with Crippen LogP contribution >= 0.6 is 0 Å². The highest BCUT2D eigenvalue weighted by molar-refractivity contribution is 5.98. The fourth-order valence-electron chi connectivity index (χ4n) is 5.18. The number of methoxy groups -OCH3 is 1. The molecule has 1 fully saturated rings. The maximum absolute atomic E-state index is 13.6. The van der Waals surface area contributed by atoms with Gasteiger partial charge in [-0.1, -0.05) is 62.7 Å². The molecule has 0 unspecified atom stereocenters. The maximum atomic E-state index is 13.6. The van der Waals surface area contributed by atoms with Crippen LogP contribution < -0.4 is 16.2 Å². The Morgan fingerprint density at radius 1 is 1.07 bits per heavy atom. The molecule has 0 aliphatic heterocycles. The average molecular weight is 603 g/mol. The summed E-state index contributed by atoms with van der Waals surface area (Å²) in [5, 5.41) is 13.2. The maximum Gasteiger partial charge on any atom is 0.411 e. The lowest BCUT2D eigenvalue weighted by molar-refractivity contribution is -0.122. The fourth-order valence-corrected chi connectivity index (χ4v) is 5.18. The van der Waals surface area contributed by atoms with E-state index in [9.17, 15) is 23.6 Å². The number of ether oxygens (including phenoxy) is 1. The van der Waals surface area contributed by atoms with E-state index in [2.05, 4.69) is 30.6 Å². The molecule has 0 radical (unpaired) electrons. The van der Waals surface area contributed by atoms with Gasteiger partial charge in [-0.25, -0.2) is 14.2 Å². The number of rotatable bonds is 10. The van der Waals surface area contributed by atoms with E-state index in [1.807, 2.05) is 0 Å². The summed E-state index contributed by atoms with van der Waals surface area (Å²) in [6.45, 7) is 2.98. The molecule has 5 rings (SSSR count). The first-order valence-electron chi connectivity index (χ1n) is 14.1. The zero-order valence-electron chi connectivity index (χ0n) is 24.4. The summed E-state index contributed by atoms with van der Waals surface area (Å²) in [6, 6.07) is 13.8. The van der Waals surface area contributed by atoms with Gasteiger partial charge in [0.15, 0.2) is 0 Å². The second kappa shape index (κ2) is 12.6. The van der Waals surface area contributed by atoms with Gasteiger partial charge in [0, 0.05) is 5.56 Å². The van der Waals surface area contributed by atoms with Crippen LogP contribution in [0, 0.1) is 11.7 Å². The Bertz CT molecular complexity index is 1730. The van der Waals surface area contributed by atoms with Gasteiger partial charge in [-0.3, -0.25) is 24.3 Å². The van der Waals surface area contributed by atoms with E-state index in [-0.39, 0.29) is 35.0 Å². The van der Waals surface area contributed by atoms with Gasteiger partial charge in [0.25, 0.3) is 11.4 Å². The van der Waals surface area contributed by atoms with Crippen molar-refractivity contribution in [3.8, 4) is 11.4 Å². The highest BCUT2D eigenvalue weighted by atomic mass is 19.1. The van der Waals surface area contributed by atoms with Crippen LogP contribution in [0.2, 0.25) is 0 Å². The molecule has 0 bridgehead atoms. The Balaban J connectivity index is 1.39. The smallest absolute Gasteiger partial charge is 0.411 e. The van der Waals surface area contributed by atoms with Crippen molar-refractivity contribution in [3.63, 3.8) is 0 Å². The van der Waals surface area contributed by atoms with E-state index in [4.69, 9.17) is 4.42 Å². The Hall–Kier alpha value is -5.20. The SMILES string of the molecule is COC(=O)Nc1cnc(-c2ccccc2)n(CC(=O)N[C@@H](C(=O)c2nnc(C3(c4ccc(F)cc4)CCC3)o2)C(C)C)c1=O. The molecule has 1 aliphatic carbocycles. The normalized spacial score (nSPS) is 14.4. The number of carbonyl (C=O) groups is 3. The second-order valence-electron chi connectivity index (χ2n) is 10.9. The van der Waals surface area contributed by atoms with Crippen LogP contribution in [0.25, 0.3) is 11.4 Å². The van der Waals surface area contributed by atoms with Gasteiger partial charge in [0.1, 0.15) is 23.9 Å². The molecule has 2 heterocycles. The number of Topliss-reactive ketones (excluding diaryl/α,β-unsaturated/α-hetero) is 1. The molecular formula is C31H31FN6O6. The Morgan fingerprint density at radius 2 is 1.77 bits per heavy atom. The van der Waals surface area contributed by atoms with Crippen molar-refractivity contribution >= 4 is 23.5 Å². The van der Waals surface area contributed by atoms with Gasteiger partial charge < -0.3 is 14.5 Å². The van der Waals surface area contributed by atoms with Crippen molar-refractivity contribution in [2.75, 3.05) is 12.4 Å². The molecule has 44 heavy (non-hydrogen) atoms. The summed E-state index contributed by atoms with van der Waals surface area (Å²) < 4.78 is 25.1. The third-order valence-electron chi connectivity index (χ3n) is 7.72. The molecule has 0 saturated heterocycles. The summed E-state index contributed by atoms with van der Waals surface area (Å²) in [6.07, 6.45) is 2.62. The summed E-state index contributed by atoms with van der Waals surface area (Å²) >= 11 is 0. The molecule has 1 aliphatic rings. The molecule has 2 N–H and O–H groups in total. The third-order valence-corrected chi connectivity index (χ3v) is 7.72. The Morgan fingerprint density at radius 3 is 2.39 bits per heavy atom. The number of amides is 2. The first kappa shape index (κ1) is 30.3. The molecule has 1 atom stereocenters. The monoisotopic (exact) mass is 602 g/mol. The van der Waals surface area contributed by atoms with E-state index in [1.165, 1.54) is 18.3 Å². The number of benzene rings is 2. The first-order valence-corrected chi connectivity index (χ1v) is 14.1. The fraction of sp³-hybridized carbons (Fsp3) is 0.323. The Kier molecular flexibility index (Phi) is 8.65. The van der Waals surface area contributed by atoms with Crippen LogP contribution in [0.3, 0.4) is 0 Å². The van der Waals surface area contributed by atoms with Gasteiger partial charge in [-0.2, -0.15) is 0 Å². The van der Waals surface area contributed by atoms with E-state index >= 15 is 0 Å². The van der Waals surface area contributed by atoms with Crippen LogP contribution in [-0.4, -0.2) is 50.7 Å². The van der Waals surface area contributed by atoms with Gasteiger partial charge >= 0.3 is 6.09 Å². The van der Waals surface area contributed by atoms with Crippen LogP contribution in [0.5, 0.6) is 0 Å². The van der Waals surface area contributed by atoms with Gasteiger partial charge in [0.05, 0.1) is 24.8 Å². The number of halogens is 1. The lowest BCUT2D eigenvalue weighted by Crippen LogP contribution is -2.46. The summed E-state index contributed by atoms with van der Waals surface area (Å²) in [5.74, 6) is -1.81. The molecule has 2 amide bonds. The summed E-state index contributed by atoms with van der Waals surface area (Å²) in [5.41, 5.74) is -0.118. The number of nitrogens with one attached hydrogen (secondary N) is 2. The number of hydrogen-bond donors (Lipinski definition) is 2. The van der Waals surface area contributed by atoms with Crippen molar-refractivity contribution in [3.05, 3.63) is 94.3 Å². The highest BCUT2D eigenvalue weighted by Crippen LogP contribution is 2.48. The molecule has 4 aromatic rings. The van der Waals surface area contributed by atoms with Gasteiger partial charge in [-0.15, -0.1) is 10.2 Å². The number of ketones is 1. The topological polar surface area (TPSA) is 158 Å². The quantitative estimate of drug-likeness (QED) is 0.255. The minimum absolute atomic E-state index is 0.182. The highest BCUT2D eigenvalue weighted by Gasteiger charge is 2.46. The molecule has 12 nitrogen and oxygen atoms in total. The van der Waals surface area contributed by atoms with Crippen LogP contribution in [-0.2, 0) is 21.5 Å². The number of hydrogen-bond acceptors (Lipinski definition) is 9. The first-order chi connectivity index (χ1) is 21.1. The van der Waals surface area contributed by atoms with Crippen molar-refractivity contribution < 1.29 is 27.9 Å². The van der Waals surface area contributed by atoms with Gasteiger partial charge in [-0.05, 0) is 36.5 Å². The molecule has 13 heteroatoms. The van der Waals surface area contributed by atoms with Gasteiger partial charge in [0.2, 0.25) is 17.6 Å². The van der Waals surface area contributed by atoms with Crippen molar-refractivity contribution in [1.29, 1.82) is 0 Å². The number of anilines is 1. The van der Waals surface area contributed by atoms with E-state index < -0.39 is 41.3 Å². The molecule has 1 saturated carbocycles. The zero-order valence-corrected chi connectivity index (χ0v) is 24.4. The van der Waals surface area contributed by atoms with Crippen molar-refractivity contribution in [1.82, 2.24) is 25.1 Å². The standard InChI is InChI=1S/C31H31FN6O6/c1-18(2)24(25(40)27-36-37-29(44-27)31(14-7-15-31)20-10-12-21(32)13-11-20)35-23(39)17-38-26(19-8-5-4-6-9-19)33-16-22(28(38)41)34-30(42)43-3/h4-6,8-13,16,18,24H,7,14-15,17H2,1-3H3,(H,34,42)(H,35,39)/t24-/m1/s1. The molecular weight excluding hydrogens is 571 g/mol. The third kappa shape index (κ3) is 5.98. The van der Waals surface area contributed by atoms with Crippen LogP contribution in [0.4, 0.5) is 14.9 Å². The van der Waals surface area contributed by atoms with Crippen molar-refractivity contribution in [2.45, 2.75) is 51.1 Å². The number of nitrogens with zero attached hydrogens (tertiary/aromatic N) is 4. The predicted molar refractivity (Wildman–Crippen MR) is 156 cm³/mol. The second-order valence-corrected chi connectivity index (χ2v) is 10.9. The van der Waals surface area contributed by atoms with Crippen LogP contribution in [0.1, 0.15) is 55.2 Å². The van der Waals surface area contributed by atoms with E-state index in [0.717, 1.165) is 23.7 Å². The average Bonchev–Trinajstić information content (AvgIpc) is 3.48. The summed E-state index contributed by atoms with van der Waals surface area (Å²) in [7, 11) is 1.15. The Labute approximate surface area is 251 Å². The summed E-state index contributed by atoms with van der Waals surface area (Å²) in [4.78, 5) is 56.3. The molecule has 2 aromatic carbocycles. The lowest BCUT2D eigenvalue weighted by atomic mass is 9.64. The zero-order chi connectivity index (χ0) is 31.4. The number of carbonyl (C=O) groups excluding carboxylic acids is 3. The lowest BCUT2D eigenvalue weighted by Gasteiger charge is -2.39. The largest absolute Gasteiger partial charge is 0.453 e. The molecule has 2 aromatic heterocycles. The minimum Gasteiger partial charge on any atom is -0.453 e. The molecule has 228 valence electrons. The van der Waals surface area contributed by atoms with E-state index in [1.54, 1.807) is 56.3 Å². The number of aromatic nitrogens is 4. The van der Waals surface area contributed by atoms with E-state index in [0.29, 0.717) is 18.4 Å².